The first-order chi connectivity index (χ1) is 10.2. The molecule has 1 aliphatic heterocycles. The van der Waals surface area contributed by atoms with Gasteiger partial charge in [0.15, 0.2) is 0 Å². The van der Waals surface area contributed by atoms with E-state index in [1.807, 2.05) is 7.05 Å². The number of nitriles is 1. The second kappa shape index (κ2) is 7.99. The minimum atomic E-state index is -0.552. The number of likely N-dealkylation sites (N-methyl/N-ethyl adjacent to an activating group) is 1. The van der Waals surface area contributed by atoms with Crippen molar-refractivity contribution >= 4 is 0 Å². The molecule has 5 heteroatoms. The molecule has 0 saturated carbocycles. The minimum absolute atomic E-state index is 0.225. The van der Waals surface area contributed by atoms with Gasteiger partial charge in [0.2, 0.25) is 0 Å². The van der Waals surface area contributed by atoms with Crippen LogP contribution in [0.2, 0.25) is 0 Å². The van der Waals surface area contributed by atoms with E-state index in [4.69, 9.17) is 14.7 Å². The molecule has 0 spiro atoms. The average Bonchev–Trinajstić information content (AvgIpc) is 2.54. The van der Waals surface area contributed by atoms with Gasteiger partial charge in [-0.3, -0.25) is 0 Å². The minimum Gasteiger partial charge on any atom is -0.491 e. The molecule has 114 valence electrons. The summed E-state index contributed by atoms with van der Waals surface area (Å²) in [6.07, 6.45) is 1.46. The van der Waals surface area contributed by atoms with Gasteiger partial charge in [0.05, 0.1) is 11.6 Å². The molecule has 1 fully saturated rings. The van der Waals surface area contributed by atoms with Gasteiger partial charge in [-0.15, -0.1) is 0 Å². The second-order valence-corrected chi connectivity index (χ2v) is 5.39. The Morgan fingerprint density at radius 2 is 2.24 bits per heavy atom. The molecule has 2 rings (SSSR count). The first-order valence-electron chi connectivity index (χ1n) is 7.28. The fourth-order valence-corrected chi connectivity index (χ4v) is 2.51. The predicted molar refractivity (Wildman–Crippen MR) is 79.1 cm³/mol. The van der Waals surface area contributed by atoms with Crippen LogP contribution in [-0.2, 0) is 4.74 Å². The normalized spacial score (nSPS) is 17.4. The van der Waals surface area contributed by atoms with Crippen molar-refractivity contribution in [2.24, 2.45) is 0 Å². The number of ether oxygens (including phenoxy) is 2. The first-order valence-corrected chi connectivity index (χ1v) is 7.28. The standard InChI is InChI=1S/C16H22N2O3/c1-18(14-5-7-20-8-6-14)11-15(19)12-21-16-4-2-3-13(9-16)10-17/h2-4,9,14-15,19H,5-8,11-12H2,1H3. The molecule has 1 aromatic rings. The SMILES string of the molecule is CN(CC(O)COc1cccc(C#N)c1)C1CCOCC1. The van der Waals surface area contributed by atoms with Crippen molar-refractivity contribution in [3.05, 3.63) is 29.8 Å². The van der Waals surface area contributed by atoms with Crippen LogP contribution in [0.1, 0.15) is 18.4 Å². The Hall–Kier alpha value is -1.61. The van der Waals surface area contributed by atoms with Crippen molar-refractivity contribution in [3.63, 3.8) is 0 Å². The molecule has 1 saturated heterocycles. The molecule has 0 amide bonds. The van der Waals surface area contributed by atoms with Gasteiger partial charge in [-0.25, -0.2) is 0 Å². The van der Waals surface area contributed by atoms with Gasteiger partial charge >= 0.3 is 0 Å². The van der Waals surface area contributed by atoms with E-state index in [1.54, 1.807) is 24.3 Å². The molecule has 1 atom stereocenters. The maximum atomic E-state index is 10.1. The Morgan fingerprint density at radius 1 is 1.48 bits per heavy atom. The summed E-state index contributed by atoms with van der Waals surface area (Å²) >= 11 is 0. The third-order valence-corrected chi connectivity index (χ3v) is 3.72. The lowest BCUT2D eigenvalue weighted by atomic mass is 10.1. The maximum absolute atomic E-state index is 10.1. The Labute approximate surface area is 125 Å². The van der Waals surface area contributed by atoms with Crippen LogP contribution in [0, 0.1) is 11.3 Å². The van der Waals surface area contributed by atoms with Crippen molar-refractivity contribution in [3.8, 4) is 11.8 Å². The Morgan fingerprint density at radius 3 is 2.95 bits per heavy atom. The van der Waals surface area contributed by atoms with Crippen LogP contribution in [0.25, 0.3) is 0 Å². The van der Waals surface area contributed by atoms with E-state index >= 15 is 0 Å². The molecule has 5 nitrogen and oxygen atoms in total. The van der Waals surface area contributed by atoms with E-state index in [0.717, 1.165) is 26.1 Å². The van der Waals surface area contributed by atoms with Crippen LogP contribution in [0.15, 0.2) is 24.3 Å². The van der Waals surface area contributed by atoms with Crippen LogP contribution in [0.5, 0.6) is 5.75 Å². The van der Waals surface area contributed by atoms with E-state index in [0.29, 0.717) is 23.9 Å². The third kappa shape index (κ3) is 5.01. The lowest BCUT2D eigenvalue weighted by molar-refractivity contribution is 0.0159. The van der Waals surface area contributed by atoms with Gasteiger partial charge < -0.3 is 19.5 Å². The quantitative estimate of drug-likeness (QED) is 0.858. The molecule has 21 heavy (non-hydrogen) atoms. The lowest BCUT2D eigenvalue weighted by Crippen LogP contribution is -2.42. The van der Waals surface area contributed by atoms with Gasteiger partial charge in [-0.05, 0) is 38.1 Å². The number of nitrogens with zero attached hydrogens (tertiary/aromatic N) is 2. The van der Waals surface area contributed by atoms with Crippen LogP contribution < -0.4 is 4.74 Å². The third-order valence-electron chi connectivity index (χ3n) is 3.72. The zero-order valence-corrected chi connectivity index (χ0v) is 12.4. The fourth-order valence-electron chi connectivity index (χ4n) is 2.51. The molecule has 0 aromatic heterocycles. The number of hydrogen-bond acceptors (Lipinski definition) is 5. The summed E-state index contributed by atoms with van der Waals surface area (Å²) < 4.78 is 10.9. The first kappa shape index (κ1) is 15.8. The monoisotopic (exact) mass is 290 g/mol. The number of aliphatic hydroxyl groups excluding tert-OH is 1. The Bertz CT molecular complexity index is 481. The fraction of sp³-hybridized carbons (Fsp3) is 0.562. The van der Waals surface area contributed by atoms with E-state index < -0.39 is 6.10 Å². The van der Waals surface area contributed by atoms with Crippen molar-refractivity contribution in [1.29, 1.82) is 5.26 Å². The molecule has 1 heterocycles. The van der Waals surface area contributed by atoms with Gasteiger partial charge in [0.25, 0.3) is 0 Å². The molecule has 0 bridgehead atoms. The summed E-state index contributed by atoms with van der Waals surface area (Å²) in [6.45, 7) is 2.39. The molecule has 1 N–H and O–H groups in total. The van der Waals surface area contributed by atoms with Crippen LogP contribution in [0.4, 0.5) is 0 Å². The van der Waals surface area contributed by atoms with Crippen molar-refractivity contribution < 1.29 is 14.6 Å². The van der Waals surface area contributed by atoms with E-state index in [2.05, 4.69) is 11.0 Å². The lowest BCUT2D eigenvalue weighted by Gasteiger charge is -2.32. The Balaban J connectivity index is 1.76. The van der Waals surface area contributed by atoms with E-state index in [-0.39, 0.29) is 6.61 Å². The van der Waals surface area contributed by atoms with Gasteiger partial charge in [0.1, 0.15) is 18.5 Å². The van der Waals surface area contributed by atoms with Crippen LogP contribution in [0.3, 0.4) is 0 Å². The molecule has 1 aliphatic rings. The summed E-state index contributed by atoms with van der Waals surface area (Å²) in [6, 6.07) is 9.50. The number of hydrogen-bond donors (Lipinski definition) is 1. The zero-order valence-electron chi connectivity index (χ0n) is 12.4. The highest BCUT2D eigenvalue weighted by Crippen LogP contribution is 2.15. The smallest absolute Gasteiger partial charge is 0.120 e. The maximum Gasteiger partial charge on any atom is 0.120 e. The highest BCUT2D eigenvalue weighted by molar-refractivity contribution is 5.36. The largest absolute Gasteiger partial charge is 0.491 e. The molecule has 1 aromatic carbocycles. The summed E-state index contributed by atoms with van der Waals surface area (Å²) in [5.74, 6) is 0.613. The zero-order chi connectivity index (χ0) is 15.1. The Kier molecular flexibility index (Phi) is 6.00. The summed E-state index contributed by atoms with van der Waals surface area (Å²) in [5, 5.41) is 18.9. The predicted octanol–water partition coefficient (Wildman–Crippen LogP) is 1.41. The van der Waals surface area contributed by atoms with Crippen molar-refractivity contribution in [1.82, 2.24) is 4.90 Å². The van der Waals surface area contributed by atoms with Crippen LogP contribution in [-0.4, -0.2) is 55.6 Å². The average molecular weight is 290 g/mol. The summed E-state index contributed by atoms with van der Waals surface area (Å²) in [7, 11) is 2.02. The molecular weight excluding hydrogens is 268 g/mol. The van der Waals surface area contributed by atoms with E-state index in [1.165, 1.54) is 0 Å². The highest BCUT2D eigenvalue weighted by atomic mass is 16.5. The molecule has 0 aliphatic carbocycles. The second-order valence-electron chi connectivity index (χ2n) is 5.39. The number of rotatable bonds is 6. The van der Waals surface area contributed by atoms with Gasteiger partial charge in [0, 0.05) is 25.8 Å². The molecular formula is C16H22N2O3. The number of aliphatic hydroxyl groups is 1. The topological polar surface area (TPSA) is 65.7 Å². The summed E-state index contributed by atoms with van der Waals surface area (Å²) in [5.41, 5.74) is 0.557. The summed E-state index contributed by atoms with van der Waals surface area (Å²) in [4.78, 5) is 2.17. The number of benzene rings is 1. The van der Waals surface area contributed by atoms with Crippen molar-refractivity contribution in [2.75, 3.05) is 33.4 Å². The van der Waals surface area contributed by atoms with Crippen LogP contribution >= 0.6 is 0 Å². The highest BCUT2D eigenvalue weighted by Gasteiger charge is 2.20. The van der Waals surface area contributed by atoms with Crippen molar-refractivity contribution in [2.45, 2.75) is 25.0 Å². The van der Waals surface area contributed by atoms with Gasteiger partial charge in [-0.1, -0.05) is 6.07 Å². The van der Waals surface area contributed by atoms with E-state index in [9.17, 15) is 5.11 Å². The van der Waals surface area contributed by atoms with Gasteiger partial charge in [-0.2, -0.15) is 5.26 Å². The molecule has 1 unspecified atom stereocenters. The molecule has 0 radical (unpaired) electrons.